The van der Waals surface area contributed by atoms with Gasteiger partial charge >= 0.3 is 12.0 Å². The van der Waals surface area contributed by atoms with Gasteiger partial charge in [-0.2, -0.15) is 5.01 Å². The number of ether oxygens (including phenoxy) is 1. The van der Waals surface area contributed by atoms with Crippen molar-refractivity contribution < 1.29 is 28.7 Å². The van der Waals surface area contributed by atoms with Gasteiger partial charge in [0.25, 0.3) is 11.8 Å². The Morgan fingerprint density at radius 3 is 2.59 bits per heavy atom. The molecule has 3 rings (SSSR count). The molecule has 2 fully saturated rings. The summed E-state index contributed by atoms with van der Waals surface area (Å²) in [5.74, 6) is -2.30. The standard InChI is InChI=1S/C19H22N4O6/c1-3-19(2)17(27)23(18(28)20-19)21-14(24)11-29-16(26)12-7-4-5-8-13(12)22-10-6-9-15(22)25/h4-5,7-8H,3,6,9-11H2,1-2H3,(H,20,28)(H,21,24). The third-order valence-corrected chi connectivity index (χ3v) is 5.03. The molecule has 10 nitrogen and oxygen atoms in total. The number of imide groups is 1. The zero-order valence-electron chi connectivity index (χ0n) is 16.2. The maximum Gasteiger partial charge on any atom is 0.344 e. The Kier molecular flexibility index (Phi) is 5.53. The molecule has 0 spiro atoms. The van der Waals surface area contributed by atoms with Crippen LogP contribution in [0.1, 0.15) is 43.5 Å². The van der Waals surface area contributed by atoms with Crippen molar-refractivity contribution in [1.29, 1.82) is 0 Å². The van der Waals surface area contributed by atoms with Crippen molar-refractivity contribution in [3.63, 3.8) is 0 Å². The number of amides is 5. The fourth-order valence-electron chi connectivity index (χ4n) is 3.18. The van der Waals surface area contributed by atoms with Crippen LogP contribution in [0.4, 0.5) is 10.5 Å². The number of para-hydroxylation sites is 1. The van der Waals surface area contributed by atoms with E-state index in [9.17, 15) is 24.0 Å². The minimum atomic E-state index is -1.09. The number of benzene rings is 1. The first kappa shape index (κ1) is 20.3. The van der Waals surface area contributed by atoms with E-state index in [1.165, 1.54) is 11.0 Å². The van der Waals surface area contributed by atoms with Crippen LogP contribution < -0.4 is 15.6 Å². The first-order valence-electron chi connectivity index (χ1n) is 9.29. The molecule has 2 aliphatic heterocycles. The Morgan fingerprint density at radius 2 is 1.97 bits per heavy atom. The lowest BCUT2D eigenvalue weighted by atomic mass is 10.00. The summed E-state index contributed by atoms with van der Waals surface area (Å²) in [5, 5.41) is 3.08. The summed E-state index contributed by atoms with van der Waals surface area (Å²) in [6.07, 6.45) is 1.46. The Bertz CT molecular complexity index is 885. The van der Waals surface area contributed by atoms with Crippen LogP contribution in [-0.4, -0.2) is 53.4 Å². The highest BCUT2D eigenvalue weighted by atomic mass is 16.5. The normalized spacial score (nSPS) is 21.4. The number of hydrogen-bond acceptors (Lipinski definition) is 6. The number of anilines is 1. The molecule has 0 aliphatic carbocycles. The van der Waals surface area contributed by atoms with Gasteiger partial charge in [0.2, 0.25) is 5.91 Å². The van der Waals surface area contributed by atoms with Gasteiger partial charge in [-0.1, -0.05) is 19.1 Å². The summed E-state index contributed by atoms with van der Waals surface area (Å²) >= 11 is 0. The number of rotatable bonds is 6. The average molecular weight is 402 g/mol. The summed E-state index contributed by atoms with van der Waals surface area (Å²) < 4.78 is 5.03. The van der Waals surface area contributed by atoms with E-state index in [0.717, 1.165) is 0 Å². The van der Waals surface area contributed by atoms with Gasteiger partial charge in [-0.3, -0.25) is 19.8 Å². The number of esters is 1. The predicted octanol–water partition coefficient (Wildman–Crippen LogP) is 0.722. The zero-order valence-corrected chi connectivity index (χ0v) is 16.2. The molecule has 5 amide bonds. The Morgan fingerprint density at radius 1 is 1.24 bits per heavy atom. The van der Waals surface area contributed by atoms with Gasteiger partial charge in [0.15, 0.2) is 6.61 Å². The van der Waals surface area contributed by atoms with Crippen LogP contribution in [0.3, 0.4) is 0 Å². The Labute approximate surface area is 167 Å². The van der Waals surface area contributed by atoms with Crippen LogP contribution >= 0.6 is 0 Å². The van der Waals surface area contributed by atoms with E-state index in [1.807, 2.05) is 0 Å². The molecule has 2 N–H and O–H groups in total. The zero-order chi connectivity index (χ0) is 21.2. The fourth-order valence-corrected chi connectivity index (χ4v) is 3.18. The van der Waals surface area contributed by atoms with Gasteiger partial charge in [-0.15, -0.1) is 0 Å². The van der Waals surface area contributed by atoms with E-state index in [1.54, 1.807) is 32.0 Å². The van der Waals surface area contributed by atoms with Crippen LogP contribution in [0.5, 0.6) is 0 Å². The monoisotopic (exact) mass is 402 g/mol. The van der Waals surface area contributed by atoms with Crippen LogP contribution in [0, 0.1) is 0 Å². The van der Waals surface area contributed by atoms with Gasteiger partial charge in [0.1, 0.15) is 5.54 Å². The minimum absolute atomic E-state index is 0.0828. The van der Waals surface area contributed by atoms with Crippen LogP contribution in [-0.2, 0) is 19.1 Å². The molecule has 0 bridgehead atoms. The van der Waals surface area contributed by atoms with Gasteiger partial charge in [-0.25, -0.2) is 9.59 Å². The fraction of sp³-hybridized carbons (Fsp3) is 0.421. The third kappa shape index (κ3) is 3.91. The molecule has 2 saturated heterocycles. The lowest BCUT2D eigenvalue weighted by Crippen LogP contribution is -2.49. The summed E-state index contributed by atoms with van der Waals surface area (Å²) in [4.78, 5) is 62.2. The maximum atomic E-state index is 12.4. The number of nitrogens with one attached hydrogen (secondary N) is 2. The SMILES string of the molecule is CCC1(C)NC(=O)N(NC(=O)COC(=O)c2ccccc2N2CCCC2=O)C1=O. The summed E-state index contributed by atoms with van der Waals surface area (Å²) in [6.45, 7) is 3.09. The number of hydrogen-bond donors (Lipinski definition) is 2. The quantitative estimate of drug-likeness (QED) is 0.534. The highest BCUT2D eigenvalue weighted by Gasteiger charge is 2.47. The molecular formula is C19H22N4O6. The van der Waals surface area contributed by atoms with E-state index >= 15 is 0 Å². The predicted molar refractivity (Wildman–Crippen MR) is 101 cm³/mol. The van der Waals surface area contributed by atoms with Crippen molar-refractivity contribution in [2.24, 2.45) is 0 Å². The van der Waals surface area contributed by atoms with Gasteiger partial charge in [-0.05, 0) is 31.9 Å². The van der Waals surface area contributed by atoms with Crippen molar-refractivity contribution in [2.45, 2.75) is 38.6 Å². The van der Waals surface area contributed by atoms with E-state index in [-0.39, 0.29) is 11.5 Å². The summed E-state index contributed by atoms with van der Waals surface area (Å²) in [5.41, 5.74) is 1.63. The minimum Gasteiger partial charge on any atom is -0.452 e. The first-order valence-corrected chi connectivity index (χ1v) is 9.29. The summed E-state index contributed by atoms with van der Waals surface area (Å²) in [6, 6.07) is 5.72. The van der Waals surface area contributed by atoms with Crippen molar-refractivity contribution in [2.75, 3.05) is 18.1 Å². The molecule has 1 aromatic carbocycles. The largest absolute Gasteiger partial charge is 0.452 e. The van der Waals surface area contributed by atoms with Gasteiger partial charge < -0.3 is 15.0 Å². The van der Waals surface area contributed by atoms with E-state index < -0.39 is 36.0 Å². The molecule has 2 heterocycles. The smallest absolute Gasteiger partial charge is 0.344 e. The lowest BCUT2D eigenvalue weighted by Gasteiger charge is -2.20. The molecule has 0 aromatic heterocycles. The number of carbonyl (C=O) groups is 5. The highest BCUT2D eigenvalue weighted by molar-refractivity contribution is 6.08. The van der Waals surface area contributed by atoms with Crippen LogP contribution in [0.25, 0.3) is 0 Å². The summed E-state index contributed by atoms with van der Waals surface area (Å²) in [7, 11) is 0. The van der Waals surface area contributed by atoms with Crippen molar-refractivity contribution in [1.82, 2.24) is 15.8 Å². The lowest BCUT2D eigenvalue weighted by molar-refractivity contribution is -0.139. The second-order valence-electron chi connectivity index (χ2n) is 7.03. The molecule has 1 atom stereocenters. The topological polar surface area (TPSA) is 125 Å². The van der Waals surface area contributed by atoms with Crippen molar-refractivity contribution >= 4 is 35.4 Å². The first-order chi connectivity index (χ1) is 13.8. The van der Waals surface area contributed by atoms with Gasteiger partial charge in [0.05, 0.1) is 11.3 Å². The second kappa shape index (κ2) is 7.90. The molecule has 1 aromatic rings. The molecule has 10 heteroatoms. The highest BCUT2D eigenvalue weighted by Crippen LogP contribution is 2.26. The Balaban J connectivity index is 1.62. The number of hydrazine groups is 1. The molecule has 0 radical (unpaired) electrons. The molecule has 2 aliphatic rings. The number of carbonyl (C=O) groups excluding carboxylic acids is 5. The molecule has 1 unspecified atom stereocenters. The van der Waals surface area contributed by atoms with Crippen LogP contribution in [0.2, 0.25) is 0 Å². The Hall–Kier alpha value is -3.43. The number of nitrogens with zero attached hydrogens (tertiary/aromatic N) is 2. The van der Waals surface area contributed by atoms with Gasteiger partial charge in [0, 0.05) is 13.0 Å². The van der Waals surface area contributed by atoms with Crippen molar-refractivity contribution in [3.8, 4) is 0 Å². The van der Waals surface area contributed by atoms with E-state index in [2.05, 4.69) is 10.7 Å². The molecule has 0 saturated carbocycles. The van der Waals surface area contributed by atoms with Crippen molar-refractivity contribution in [3.05, 3.63) is 29.8 Å². The van der Waals surface area contributed by atoms with Crippen LogP contribution in [0.15, 0.2) is 24.3 Å². The molecule has 154 valence electrons. The molecule has 29 heavy (non-hydrogen) atoms. The number of urea groups is 1. The molecular weight excluding hydrogens is 380 g/mol. The second-order valence-corrected chi connectivity index (χ2v) is 7.03. The van der Waals surface area contributed by atoms with E-state index in [0.29, 0.717) is 36.5 Å². The third-order valence-electron chi connectivity index (χ3n) is 5.03. The van der Waals surface area contributed by atoms with E-state index in [4.69, 9.17) is 4.74 Å². The average Bonchev–Trinajstić information content (AvgIpc) is 3.23. The maximum absolute atomic E-state index is 12.4.